The van der Waals surface area contributed by atoms with Crippen LogP contribution >= 0.6 is 0 Å². The van der Waals surface area contributed by atoms with Crippen molar-refractivity contribution in [2.24, 2.45) is 5.92 Å². The second-order valence-electron chi connectivity index (χ2n) is 4.61. The maximum Gasteiger partial charge on any atom is 0.307 e. The van der Waals surface area contributed by atoms with E-state index in [0.717, 1.165) is 0 Å². The minimum atomic E-state index is -0.847. The summed E-state index contributed by atoms with van der Waals surface area (Å²) >= 11 is 0. The van der Waals surface area contributed by atoms with Crippen LogP contribution < -0.4 is 5.32 Å². The number of carbonyl (C=O) groups is 2. The molecule has 1 amide bonds. The fourth-order valence-electron chi connectivity index (χ4n) is 1.42. The van der Waals surface area contributed by atoms with Gasteiger partial charge in [-0.2, -0.15) is 0 Å². The lowest BCUT2D eigenvalue weighted by Crippen LogP contribution is -2.44. The van der Waals surface area contributed by atoms with Crippen LogP contribution in [-0.4, -0.2) is 61.3 Å². The van der Waals surface area contributed by atoms with Gasteiger partial charge >= 0.3 is 5.97 Å². The molecule has 0 aromatic rings. The molecule has 0 aliphatic heterocycles. The van der Waals surface area contributed by atoms with Crippen LogP contribution in [0.1, 0.15) is 20.8 Å². The third-order valence-corrected chi connectivity index (χ3v) is 2.64. The van der Waals surface area contributed by atoms with Gasteiger partial charge in [0.25, 0.3) is 0 Å². The molecule has 1 unspecified atom stereocenters. The maximum absolute atomic E-state index is 11.6. The molecule has 0 bridgehead atoms. The lowest BCUT2D eigenvalue weighted by Gasteiger charge is -2.27. The van der Waals surface area contributed by atoms with Crippen molar-refractivity contribution in [1.82, 2.24) is 10.2 Å². The Balaban J connectivity index is 4.18. The first kappa shape index (κ1) is 16.9. The van der Waals surface area contributed by atoms with Crippen LogP contribution in [0.25, 0.3) is 0 Å². The van der Waals surface area contributed by atoms with E-state index >= 15 is 0 Å². The van der Waals surface area contributed by atoms with E-state index in [1.807, 2.05) is 18.7 Å². The lowest BCUT2D eigenvalue weighted by atomic mass is 10.1. The number of carboxylic acid groups (broad SMARTS) is 1. The van der Waals surface area contributed by atoms with Crippen molar-refractivity contribution in [1.29, 1.82) is 0 Å². The van der Waals surface area contributed by atoms with Gasteiger partial charge in [0.1, 0.15) is 0 Å². The van der Waals surface area contributed by atoms with Gasteiger partial charge < -0.3 is 15.2 Å². The Kier molecular flexibility index (Phi) is 8.32. The number of carboxylic acids is 1. The number of ether oxygens (including phenoxy) is 1. The molecule has 18 heavy (non-hydrogen) atoms. The smallest absolute Gasteiger partial charge is 0.307 e. The third-order valence-electron chi connectivity index (χ3n) is 2.64. The van der Waals surface area contributed by atoms with Gasteiger partial charge in [-0.15, -0.1) is 0 Å². The number of nitrogens with one attached hydrogen (secondary N) is 1. The Labute approximate surface area is 108 Å². The second kappa shape index (κ2) is 8.88. The molecular formula is C12H24N2O4. The summed E-state index contributed by atoms with van der Waals surface area (Å²) in [7, 11) is 1.57. The van der Waals surface area contributed by atoms with Gasteiger partial charge in [0.05, 0.1) is 19.1 Å². The maximum atomic E-state index is 11.6. The highest BCUT2D eigenvalue weighted by Crippen LogP contribution is 2.04. The molecule has 2 N–H and O–H groups in total. The van der Waals surface area contributed by atoms with Gasteiger partial charge in [-0.3, -0.25) is 14.5 Å². The van der Waals surface area contributed by atoms with Crippen molar-refractivity contribution in [2.75, 3.05) is 33.4 Å². The predicted molar refractivity (Wildman–Crippen MR) is 68.4 cm³/mol. The zero-order valence-corrected chi connectivity index (χ0v) is 11.6. The Hall–Kier alpha value is -1.14. The normalized spacial score (nSPS) is 12.8. The number of rotatable bonds is 9. The molecule has 0 spiro atoms. The van der Waals surface area contributed by atoms with Gasteiger partial charge in [0, 0.05) is 26.2 Å². The molecule has 0 rings (SSSR count). The predicted octanol–water partition coefficient (Wildman–Crippen LogP) is 0.180. The average Bonchev–Trinajstić information content (AvgIpc) is 2.28. The SMILES string of the molecule is COCCNC(=O)CN(CC(C)C(=O)O)C(C)C. The fraction of sp³-hybridized carbons (Fsp3) is 0.833. The number of methoxy groups -OCH3 is 1. The molecule has 0 aliphatic carbocycles. The number of amides is 1. The van der Waals surface area contributed by atoms with Gasteiger partial charge in [0.15, 0.2) is 0 Å². The molecule has 0 aromatic heterocycles. The van der Waals surface area contributed by atoms with Crippen LogP contribution in [-0.2, 0) is 14.3 Å². The van der Waals surface area contributed by atoms with Gasteiger partial charge in [-0.25, -0.2) is 0 Å². The van der Waals surface area contributed by atoms with Crippen LogP contribution in [0.3, 0.4) is 0 Å². The lowest BCUT2D eigenvalue weighted by molar-refractivity contribution is -0.142. The van der Waals surface area contributed by atoms with Crippen molar-refractivity contribution in [3.8, 4) is 0 Å². The minimum Gasteiger partial charge on any atom is -0.481 e. The molecule has 106 valence electrons. The van der Waals surface area contributed by atoms with Crippen molar-refractivity contribution >= 4 is 11.9 Å². The minimum absolute atomic E-state index is 0.113. The van der Waals surface area contributed by atoms with Crippen molar-refractivity contribution in [3.05, 3.63) is 0 Å². The zero-order chi connectivity index (χ0) is 14.1. The molecule has 0 aromatic carbocycles. The molecule has 0 heterocycles. The monoisotopic (exact) mass is 260 g/mol. The average molecular weight is 260 g/mol. The molecule has 0 fully saturated rings. The van der Waals surface area contributed by atoms with Gasteiger partial charge in [0.2, 0.25) is 5.91 Å². The Morgan fingerprint density at radius 2 is 1.94 bits per heavy atom. The van der Waals surface area contributed by atoms with Crippen molar-refractivity contribution in [2.45, 2.75) is 26.8 Å². The largest absolute Gasteiger partial charge is 0.481 e. The van der Waals surface area contributed by atoms with Crippen LogP contribution in [0.4, 0.5) is 0 Å². The summed E-state index contributed by atoms with van der Waals surface area (Å²) in [6, 6.07) is 0.125. The van der Waals surface area contributed by atoms with Gasteiger partial charge in [-0.1, -0.05) is 6.92 Å². The van der Waals surface area contributed by atoms with Crippen molar-refractivity contribution in [3.63, 3.8) is 0 Å². The summed E-state index contributed by atoms with van der Waals surface area (Å²) in [5.41, 5.74) is 0. The summed E-state index contributed by atoms with van der Waals surface area (Å²) in [5, 5.41) is 11.6. The van der Waals surface area contributed by atoms with E-state index in [-0.39, 0.29) is 18.5 Å². The molecule has 6 heteroatoms. The molecule has 0 aliphatic rings. The third kappa shape index (κ3) is 7.24. The summed E-state index contributed by atoms with van der Waals surface area (Å²) in [6.45, 7) is 7.03. The fourth-order valence-corrected chi connectivity index (χ4v) is 1.42. The van der Waals surface area contributed by atoms with Gasteiger partial charge in [-0.05, 0) is 13.8 Å². The summed E-state index contributed by atoms with van der Waals surface area (Å²) in [5.74, 6) is -1.45. The van der Waals surface area contributed by atoms with Crippen LogP contribution in [0.15, 0.2) is 0 Å². The topological polar surface area (TPSA) is 78.9 Å². The number of nitrogens with zero attached hydrogens (tertiary/aromatic N) is 1. The number of carbonyl (C=O) groups excluding carboxylic acids is 1. The van der Waals surface area contributed by atoms with E-state index in [2.05, 4.69) is 5.32 Å². The molecule has 0 saturated heterocycles. The highest BCUT2D eigenvalue weighted by Gasteiger charge is 2.20. The molecule has 0 radical (unpaired) electrons. The highest BCUT2D eigenvalue weighted by molar-refractivity contribution is 5.78. The highest BCUT2D eigenvalue weighted by atomic mass is 16.5. The van der Waals surface area contributed by atoms with Crippen LogP contribution in [0, 0.1) is 5.92 Å². The quantitative estimate of drug-likeness (QED) is 0.578. The summed E-state index contributed by atoms with van der Waals surface area (Å²) in [6.07, 6.45) is 0. The zero-order valence-electron chi connectivity index (χ0n) is 11.6. The molecule has 1 atom stereocenters. The Morgan fingerprint density at radius 3 is 2.39 bits per heavy atom. The standard InChI is InChI=1S/C12H24N2O4/c1-9(2)14(7-10(3)12(16)17)8-11(15)13-5-6-18-4/h9-10H,5-8H2,1-4H3,(H,13,15)(H,16,17). The van der Waals surface area contributed by atoms with E-state index in [4.69, 9.17) is 9.84 Å². The summed E-state index contributed by atoms with van der Waals surface area (Å²) < 4.78 is 4.83. The number of aliphatic carboxylic acids is 1. The molecular weight excluding hydrogens is 236 g/mol. The Morgan fingerprint density at radius 1 is 1.33 bits per heavy atom. The Bertz CT molecular complexity index is 269. The summed E-state index contributed by atoms with van der Waals surface area (Å²) in [4.78, 5) is 24.3. The first-order valence-electron chi connectivity index (χ1n) is 6.11. The van der Waals surface area contributed by atoms with E-state index in [9.17, 15) is 9.59 Å². The van der Waals surface area contributed by atoms with Crippen molar-refractivity contribution < 1.29 is 19.4 Å². The van der Waals surface area contributed by atoms with E-state index in [1.54, 1.807) is 14.0 Å². The number of hydrogen-bond donors (Lipinski definition) is 2. The van der Waals surface area contributed by atoms with E-state index < -0.39 is 11.9 Å². The first-order valence-corrected chi connectivity index (χ1v) is 6.11. The number of hydrogen-bond acceptors (Lipinski definition) is 4. The second-order valence-corrected chi connectivity index (χ2v) is 4.61. The van der Waals surface area contributed by atoms with Crippen LogP contribution in [0.5, 0.6) is 0 Å². The first-order chi connectivity index (χ1) is 8.38. The molecule has 6 nitrogen and oxygen atoms in total. The van der Waals surface area contributed by atoms with Crippen LogP contribution in [0.2, 0.25) is 0 Å². The molecule has 0 saturated carbocycles. The van der Waals surface area contributed by atoms with E-state index in [0.29, 0.717) is 19.7 Å². The van der Waals surface area contributed by atoms with E-state index in [1.165, 1.54) is 0 Å².